The van der Waals surface area contributed by atoms with Crippen molar-refractivity contribution >= 4 is 11.7 Å². The second-order valence-electron chi connectivity index (χ2n) is 5.15. The van der Waals surface area contributed by atoms with E-state index in [1.165, 1.54) is 0 Å². The van der Waals surface area contributed by atoms with Crippen LogP contribution in [0.25, 0.3) is 0 Å². The third kappa shape index (κ3) is 2.78. The molecule has 0 heterocycles. The summed E-state index contributed by atoms with van der Waals surface area (Å²) in [6.45, 7) is 0.364. The maximum Gasteiger partial charge on any atom is 0.223 e. The molecule has 1 amide bonds. The van der Waals surface area contributed by atoms with Gasteiger partial charge in [-0.3, -0.25) is 9.59 Å². The highest BCUT2D eigenvalue weighted by Crippen LogP contribution is 2.30. The fourth-order valence-corrected chi connectivity index (χ4v) is 2.37. The van der Waals surface area contributed by atoms with Crippen LogP contribution in [0.4, 0.5) is 0 Å². The lowest BCUT2D eigenvalue weighted by molar-refractivity contribution is -0.121. The lowest BCUT2D eigenvalue weighted by Crippen LogP contribution is -2.26. The van der Waals surface area contributed by atoms with Crippen LogP contribution < -0.4 is 10.1 Å². The van der Waals surface area contributed by atoms with Crippen molar-refractivity contribution in [3.8, 4) is 5.75 Å². The first kappa shape index (κ1) is 12.2. The van der Waals surface area contributed by atoms with Crippen molar-refractivity contribution in [3.05, 3.63) is 29.3 Å². The van der Waals surface area contributed by atoms with Crippen molar-refractivity contribution in [2.75, 3.05) is 6.61 Å². The zero-order chi connectivity index (χ0) is 13.2. The average molecular weight is 259 g/mol. The maximum absolute atomic E-state index is 11.6. The molecule has 0 aliphatic heterocycles. The van der Waals surface area contributed by atoms with Crippen LogP contribution in [-0.4, -0.2) is 24.3 Å². The second-order valence-corrected chi connectivity index (χ2v) is 5.15. The number of carbonyl (C=O) groups excluding carboxylic acids is 2. The summed E-state index contributed by atoms with van der Waals surface area (Å²) in [6, 6.07) is 5.95. The highest BCUT2D eigenvalue weighted by molar-refractivity contribution is 6.01. The molecule has 100 valence electrons. The standard InChI is InChI=1S/C15H17NO3/c17-13-7-6-12-11(13)2-1-3-14(12)19-9-8-15(18)16-10-4-5-10/h1-3,10H,4-9H2,(H,16,18). The van der Waals surface area contributed by atoms with Gasteiger partial charge in [0.05, 0.1) is 13.0 Å². The highest BCUT2D eigenvalue weighted by atomic mass is 16.5. The van der Waals surface area contributed by atoms with Gasteiger partial charge in [-0.25, -0.2) is 0 Å². The molecular weight excluding hydrogens is 242 g/mol. The number of Topliss-reactive ketones (excluding diaryl/α,β-unsaturated/α-hetero) is 1. The normalized spacial score (nSPS) is 17.2. The van der Waals surface area contributed by atoms with E-state index >= 15 is 0 Å². The lowest BCUT2D eigenvalue weighted by Gasteiger charge is -2.10. The summed E-state index contributed by atoms with van der Waals surface area (Å²) in [5.74, 6) is 0.987. The first-order chi connectivity index (χ1) is 9.24. The van der Waals surface area contributed by atoms with Crippen molar-refractivity contribution in [2.24, 2.45) is 0 Å². The van der Waals surface area contributed by atoms with Gasteiger partial charge >= 0.3 is 0 Å². The molecule has 2 aliphatic rings. The van der Waals surface area contributed by atoms with Crippen LogP contribution in [0.5, 0.6) is 5.75 Å². The number of ether oxygens (including phenoxy) is 1. The molecule has 3 rings (SSSR count). The molecule has 4 nitrogen and oxygen atoms in total. The SMILES string of the molecule is O=C(CCOc1cccc2c1CCC2=O)NC1CC1. The van der Waals surface area contributed by atoms with Crippen molar-refractivity contribution < 1.29 is 14.3 Å². The second kappa shape index (κ2) is 5.03. The Labute approximate surface area is 112 Å². The minimum absolute atomic E-state index is 0.0474. The molecule has 1 fully saturated rings. The largest absolute Gasteiger partial charge is 0.493 e. The van der Waals surface area contributed by atoms with Gasteiger partial charge in [-0.15, -0.1) is 0 Å². The van der Waals surface area contributed by atoms with E-state index in [2.05, 4.69) is 5.32 Å². The molecule has 4 heteroatoms. The maximum atomic E-state index is 11.6. The Hall–Kier alpha value is -1.84. The van der Waals surface area contributed by atoms with E-state index in [1.807, 2.05) is 18.2 Å². The topological polar surface area (TPSA) is 55.4 Å². The Balaban J connectivity index is 1.55. The van der Waals surface area contributed by atoms with E-state index in [4.69, 9.17) is 4.74 Å². The molecule has 0 unspecified atom stereocenters. The van der Waals surface area contributed by atoms with Gasteiger partial charge in [0, 0.05) is 23.6 Å². The van der Waals surface area contributed by atoms with Crippen molar-refractivity contribution in [1.82, 2.24) is 5.32 Å². The van der Waals surface area contributed by atoms with Gasteiger partial charge in [-0.1, -0.05) is 12.1 Å². The van der Waals surface area contributed by atoms with Crippen LogP contribution in [0.2, 0.25) is 0 Å². The van der Waals surface area contributed by atoms with E-state index in [1.54, 1.807) is 0 Å². The van der Waals surface area contributed by atoms with E-state index in [0.717, 1.165) is 36.1 Å². The van der Waals surface area contributed by atoms with E-state index < -0.39 is 0 Å². The summed E-state index contributed by atoms with van der Waals surface area (Å²) in [4.78, 5) is 23.1. The van der Waals surface area contributed by atoms with Gasteiger partial charge in [0.1, 0.15) is 5.75 Å². The monoisotopic (exact) mass is 259 g/mol. The van der Waals surface area contributed by atoms with Gasteiger partial charge in [0.25, 0.3) is 0 Å². The number of hydrogen-bond acceptors (Lipinski definition) is 3. The minimum atomic E-state index is 0.0474. The third-order valence-corrected chi connectivity index (χ3v) is 3.56. The number of nitrogens with one attached hydrogen (secondary N) is 1. The summed E-state index contributed by atoms with van der Waals surface area (Å²) in [7, 11) is 0. The van der Waals surface area contributed by atoms with Crippen molar-refractivity contribution in [3.63, 3.8) is 0 Å². The Morgan fingerprint density at radius 1 is 1.32 bits per heavy atom. The summed E-state index contributed by atoms with van der Waals surface area (Å²) in [5.41, 5.74) is 1.77. The van der Waals surface area contributed by atoms with Crippen molar-refractivity contribution in [1.29, 1.82) is 0 Å². The number of rotatable bonds is 5. The Morgan fingerprint density at radius 2 is 2.16 bits per heavy atom. The van der Waals surface area contributed by atoms with E-state index in [-0.39, 0.29) is 11.7 Å². The van der Waals surface area contributed by atoms with Gasteiger partial charge < -0.3 is 10.1 Å². The fraction of sp³-hybridized carbons (Fsp3) is 0.467. The third-order valence-electron chi connectivity index (χ3n) is 3.56. The molecule has 0 spiro atoms. The number of benzene rings is 1. The molecule has 1 saturated carbocycles. The summed E-state index contributed by atoms with van der Waals surface area (Å²) in [5, 5.41) is 2.93. The Morgan fingerprint density at radius 3 is 2.95 bits per heavy atom. The first-order valence-corrected chi connectivity index (χ1v) is 6.81. The summed E-state index contributed by atoms with van der Waals surface area (Å²) in [6.07, 6.45) is 3.88. The predicted molar refractivity (Wildman–Crippen MR) is 70.4 cm³/mol. The Kier molecular flexibility index (Phi) is 3.23. The van der Waals surface area contributed by atoms with Crippen LogP contribution in [0.1, 0.15) is 41.6 Å². The molecular formula is C15H17NO3. The van der Waals surface area contributed by atoms with Gasteiger partial charge in [0.2, 0.25) is 5.91 Å². The molecule has 1 aromatic rings. The summed E-state index contributed by atoms with van der Waals surface area (Å²) >= 11 is 0. The molecule has 0 radical (unpaired) electrons. The van der Waals surface area contributed by atoms with Crippen LogP contribution in [0.15, 0.2) is 18.2 Å². The zero-order valence-electron chi connectivity index (χ0n) is 10.8. The molecule has 0 atom stereocenters. The molecule has 0 saturated heterocycles. The molecule has 1 N–H and O–H groups in total. The molecule has 2 aliphatic carbocycles. The van der Waals surface area contributed by atoms with Crippen LogP contribution >= 0.6 is 0 Å². The quantitative estimate of drug-likeness (QED) is 0.878. The van der Waals surface area contributed by atoms with Gasteiger partial charge in [-0.2, -0.15) is 0 Å². The average Bonchev–Trinajstić information content (AvgIpc) is 3.12. The molecule has 0 aromatic heterocycles. The lowest BCUT2D eigenvalue weighted by atomic mass is 10.1. The molecule has 19 heavy (non-hydrogen) atoms. The summed E-state index contributed by atoms with van der Waals surface area (Å²) < 4.78 is 5.66. The molecule has 1 aromatic carbocycles. The van der Waals surface area contributed by atoms with Crippen molar-refractivity contribution in [2.45, 2.75) is 38.1 Å². The molecule has 0 bridgehead atoms. The van der Waals surface area contributed by atoms with Crippen LogP contribution in [0, 0.1) is 0 Å². The van der Waals surface area contributed by atoms with Gasteiger partial charge in [-0.05, 0) is 25.3 Å². The van der Waals surface area contributed by atoms with E-state index in [9.17, 15) is 9.59 Å². The minimum Gasteiger partial charge on any atom is -0.493 e. The number of ketones is 1. The van der Waals surface area contributed by atoms with Gasteiger partial charge in [0.15, 0.2) is 5.78 Å². The van der Waals surface area contributed by atoms with E-state index in [0.29, 0.717) is 25.5 Å². The highest BCUT2D eigenvalue weighted by Gasteiger charge is 2.24. The van der Waals surface area contributed by atoms with Crippen LogP contribution in [0.3, 0.4) is 0 Å². The Bertz CT molecular complexity index is 520. The van der Waals surface area contributed by atoms with Crippen LogP contribution in [-0.2, 0) is 11.2 Å². The zero-order valence-corrected chi connectivity index (χ0v) is 10.8. The predicted octanol–water partition coefficient (Wildman–Crippen LogP) is 1.86. The number of carbonyl (C=O) groups is 2. The smallest absolute Gasteiger partial charge is 0.223 e. The number of amides is 1. The first-order valence-electron chi connectivity index (χ1n) is 6.81. The fourth-order valence-electron chi connectivity index (χ4n) is 2.37. The number of hydrogen-bond donors (Lipinski definition) is 1. The number of fused-ring (bicyclic) bond motifs is 1.